The molecule has 1 aromatic carbocycles. The van der Waals surface area contributed by atoms with Crippen molar-refractivity contribution in [2.24, 2.45) is 0 Å². The summed E-state index contributed by atoms with van der Waals surface area (Å²) >= 11 is 7.60. The van der Waals surface area contributed by atoms with Crippen molar-refractivity contribution in [1.82, 2.24) is 10.3 Å². The molecular weight excluding hydrogens is 268 g/mol. The first-order valence-electron chi connectivity index (χ1n) is 5.61. The summed E-state index contributed by atoms with van der Waals surface area (Å²) in [5.74, 6) is -0.145. The zero-order valence-corrected chi connectivity index (χ0v) is 11.5. The van der Waals surface area contributed by atoms with Crippen molar-refractivity contribution >= 4 is 28.8 Å². The number of nitrogens with zero attached hydrogens (tertiary/aromatic N) is 1. The molecule has 0 saturated carbocycles. The molecule has 1 heterocycles. The van der Waals surface area contributed by atoms with E-state index in [0.717, 1.165) is 11.4 Å². The van der Waals surface area contributed by atoms with E-state index < -0.39 is 0 Å². The SMILES string of the molecule is Cc1cnc(CCNC(=O)c2ccccc2Cl)s1. The molecule has 3 nitrogen and oxygen atoms in total. The summed E-state index contributed by atoms with van der Waals surface area (Å²) < 4.78 is 0. The average molecular weight is 281 g/mol. The first-order valence-corrected chi connectivity index (χ1v) is 6.80. The van der Waals surface area contributed by atoms with Crippen LogP contribution in [0.3, 0.4) is 0 Å². The van der Waals surface area contributed by atoms with Gasteiger partial charge >= 0.3 is 0 Å². The second-order valence-electron chi connectivity index (χ2n) is 3.85. The monoisotopic (exact) mass is 280 g/mol. The molecule has 1 N–H and O–H groups in total. The maximum absolute atomic E-state index is 11.8. The normalized spacial score (nSPS) is 10.3. The third kappa shape index (κ3) is 3.31. The third-order valence-electron chi connectivity index (χ3n) is 2.41. The fourth-order valence-electron chi connectivity index (χ4n) is 1.54. The molecular formula is C13H13ClN2OS. The van der Waals surface area contributed by atoms with E-state index in [2.05, 4.69) is 10.3 Å². The van der Waals surface area contributed by atoms with E-state index in [1.54, 1.807) is 35.6 Å². The molecule has 0 aliphatic heterocycles. The van der Waals surface area contributed by atoms with Crippen LogP contribution < -0.4 is 5.32 Å². The first kappa shape index (κ1) is 13.1. The lowest BCUT2D eigenvalue weighted by Gasteiger charge is -2.05. The van der Waals surface area contributed by atoms with Crippen molar-refractivity contribution in [3.63, 3.8) is 0 Å². The van der Waals surface area contributed by atoms with Gasteiger partial charge in [-0.05, 0) is 19.1 Å². The zero-order valence-electron chi connectivity index (χ0n) is 9.94. The Bertz CT molecular complexity index is 553. The van der Waals surface area contributed by atoms with E-state index in [0.29, 0.717) is 17.1 Å². The van der Waals surface area contributed by atoms with Gasteiger partial charge in [0.25, 0.3) is 5.91 Å². The van der Waals surface area contributed by atoms with Gasteiger partial charge in [-0.2, -0.15) is 0 Å². The highest BCUT2D eigenvalue weighted by atomic mass is 35.5. The van der Waals surface area contributed by atoms with Gasteiger partial charge in [-0.1, -0.05) is 23.7 Å². The first-order chi connectivity index (χ1) is 8.66. The molecule has 0 aliphatic rings. The van der Waals surface area contributed by atoms with Gasteiger partial charge in [0.2, 0.25) is 0 Å². The largest absolute Gasteiger partial charge is 0.352 e. The smallest absolute Gasteiger partial charge is 0.252 e. The van der Waals surface area contributed by atoms with E-state index in [9.17, 15) is 4.79 Å². The van der Waals surface area contributed by atoms with Crippen molar-refractivity contribution < 1.29 is 4.79 Å². The van der Waals surface area contributed by atoms with Crippen LogP contribution in [0.4, 0.5) is 0 Å². The lowest BCUT2D eigenvalue weighted by Crippen LogP contribution is -2.25. The summed E-state index contributed by atoms with van der Waals surface area (Å²) in [6.45, 7) is 2.58. The van der Waals surface area contributed by atoms with E-state index in [1.165, 1.54) is 4.88 Å². The number of rotatable bonds is 4. The second-order valence-corrected chi connectivity index (χ2v) is 5.58. The fraction of sp³-hybridized carbons (Fsp3) is 0.231. The van der Waals surface area contributed by atoms with Crippen LogP contribution in [0.1, 0.15) is 20.2 Å². The molecule has 0 aliphatic carbocycles. The van der Waals surface area contributed by atoms with Crippen LogP contribution in [0.25, 0.3) is 0 Å². The highest BCUT2D eigenvalue weighted by molar-refractivity contribution is 7.11. The highest BCUT2D eigenvalue weighted by Gasteiger charge is 2.08. The van der Waals surface area contributed by atoms with Gasteiger partial charge in [0.05, 0.1) is 15.6 Å². The number of aryl methyl sites for hydroxylation is 1. The number of hydrogen-bond acceptors (Lipinski definition) is 3. The Morgan fingerprint density at radius 2 is 2.22 bits per heavy atom. The van der Waals surface area contributed by atoms with Crippen LogP contribution in [0.15, 0.2) is 30.5 Å². The standard InChI is InChI=1S/C13H13ClN2OS/c1-9-8-16-12(18-9)6-7-15-13(17)10-4-2-3-5-11(10)14/h2-5,8H,6-7H2,1H3,(H,15,17). The van der Waals surface area contributed by atoms with Crippen LogP contribution >= 0.6 is 22.9 Å². The van der Waals surface area contributed by atoms with Gasteiger partial charge in [-0.15, -0.1) is 11.3 Å². The molecule has 5 heteroatoms. The topological polar surface area (TPSA) is 42.0 Å². The minimum absolute atomic E-state index is 0.145. The van der Waals surface area contributed by atoms with Gasteiger partial charge in [-0.3, -0.25) is 4.79 Å². The van der Waals surface area contributed by atoms with Crippen molar-refractivity contribution in [2.75, 3.05) is 6.54 Å². The maximum Gasteiger partial charge on any atom is 0.252 e. The Morgan fingerprint density at radius 1 is 1.44 bits per heavy atom. The second kappa shape index (κ2) is 5.98. The fourth-order valence-corrected chi connectivity index (χ4v) is 2.55. The average Bonchev–Trinajstić information content (AvgIpc) is 2.75. The minimum atomic E-state index is -0.145. The van der Waals surface area contributed by atoms with Crippen molar-refractivity contribution in [3.05, 3.63) is 50.9 Å². The molecule has 94 valence electrons. The molecule has 2 rings (SSSR count). The number of carbonyl (C=O) groups excluding carboxylic acids is 1. The molecule has 0 unspecified atom stereocenters. The zero-order chi connectivity index (χ0) is 13.0. The number of hydrogen-bond donors (Lipinski definition) is 1. The van der Waals surface area contributed by atoms with E-state index in [1.807, 2.05) is 13.1 Å². The summed E-state index contributed by atoms with van der Waals surface area (Å²) in [7, 11) is 0. The molecule has 1 aromatic heterocycles. The molecule has 0 atom stereocenters. The third-order valence-corrected chi connectivity index (χ3v) is 3.71. The number of thiazole rings is 1. The molecule has 0 spiro atoms. The van der Waals surface area contributed by atoms with E-state index in [-0.39, 0.29) is 5.91 Å². The molecule has 0 saturated heterocycles. The quantitative estimate of drug-likeness (QED) is 0.935. The molecule has 0 bridgehead atoms. The minimum Gasteiger partial charge on any atom is -0.352 e. The van der Waals surface area contributed by atoms with Gasteiger partial charge in [0.1, 0.15) is 0 Å². The number of benzene rings is 1. The Balaban J connectivity index is 1.87. The van der Waals surface area contributed by atoms with Gasteiger partial charge in [-0.25, -0.2) is 4.98 Å². The van der Waals surface area contributed by atoms with E-state index in [4.69, 9.17) is 11.6 Å². The number of amides is 1. The highest BCUT2D eigenvalue weighted by Crippen LogP contribution is 2.15. The van der Waals surface area contributed by atoms with E-state index >= 15 is 0 Å². The Labute approximate surface area is 115 Å². The predicted octanol–water partition coefficient (Wildman–Crippen LogP) is 3.08. The van der Waals surface area contributed by atoms with Crippen LogP contribution in [-0.4, -0.2) is 17.4 Å². The van der Waals surface area contributed by atoms with Crippen LogP contribution in [0.5, 0.6) is 0 Å². The van der Waals surface area contributed by atoms with Crippen molar-refractivity contribution in [3.8, 4) is 0 Å². The molecule has 2 aromatic rings. The molecule has 0 fully saturated rings. The molecule has 0 radical (unpaired) electrons. The number of carbonyl (C=O) groups is 1. The lowest BCUT2D eigenvalue weighted by molar-refractivity contribution is 0.0954. The number of halogens is 1. The summed E-state index contributed by atoms with van der Waals surface area (Å²) in [6, 6.07) is 7.02. The molecule has 18 heavy (non-hydrogen) atoms. The number of nitrogens with one attached hydrogen (secondary N) is 1. The molecule has 1 amide bonds. The van der Waals surface area contributed by atoms with Gasteiger partial charge < -0.3 is 5.32 Å². The van der Waals surface area contributed by atoms with Crippen LogP contribution in [0.2, 0.25) is 5.02 Å². The van der Waals surface area contributed by atoms with Crippen LogP contribution in [0, 0.1) is 6.92 Å². The van der Waals surface area contributed by atoms with Crippen LogP contribution in [-0.2, 0) is 6.42 Å². The van der Waals surface area contributed by atoms with Gasteiger partial charge in [0, 0.05) is 24.0 Å². The predicted molar refractivity (Wildman–Crippen MR) is 74.3 cm³/mol. The summed E-state index contributed by atoms with van der Waals surface area (Å²) in [5, 5.41) is 4.35. The maximum atomic E-state index is 11.8. The Hall–Kier alpha value is -1.39. The lowest BCUT2D eigenvalue weighted by atomic mass is 10.2. The number of aromatic nitrogens is 1. The summed E-state index contributed by atoms with van der Waals surface area (Å²) in [5.41, 5.74) is 0.509. The van der Waals surface area contributed by atoms with Crippen molar-refractivity contribution in [2.45, 2.75) is 13.3 Å². The summed E-state index contributed by atoms with van der Waals surface area (Å²) in [4.78, 5) is 17.3. The summed E-state index contributed by atoms with van der Waals surface area (Å²) in [6.07, 6.45) is 2.59. The Morgan fingerprint density at radius 3 is 2.89 bits per heavy atom. The van der Waals surface area contributed by atoms with Crippen molar-refractivity contribution in [1.29, 1.82) is 0 Å². The Kier molecular flexibility index (Phi) is 4.33. The van der Waals surface area contributed by atoms with Gasteiger partial charge in [0.15, 0.2) is 0 Å².